The van der Waals surface area contributed by atoms with E-state index in [-0.39, 0.29) is 11.6 Å². The molecule has 2 N–H and O–H groups in total. The quantitative estimate of drug-likeness (QED) is 0.396. The van der Waals surface area contributed by atoms with Gasteiger partial charge in [-0.1, -0.05) is 0 Å². The summed E-state index contributed by atoms with van der Waals surface area (Å²) >= 11 is 3.48. The summed E-state index contributed by atoms with van der Waals surface area (Å²) in [4.78, 5) is 20.7. The molecule has 0 amide bonds. The number of benzene rings is 1. The van der Waals surface area contributed by atoms with Crippen LogP contribution in [0.5, 0.6) is 11.6 Å². The van der Waals surface area contributed by atoms with Crippen molar-refractivity contribution in [1.29, 1.82) is 0 Å². The lowest BCUT2D eigenvalue weighted by molar-refractivity contribution is 0.313. The molecule has 0 saturated carbocycles. The summed E-state index contributed by atoms with van der Waals surface area (Å²) < 4.78 is 21.2. The summed E-state index contributed by atoms with van der Waals surface area (Å²) in [6.45, 7) is 5.91. The number of anilines is 3. The third-order valence-corrected chi connectivity index (χ3v) is 6.38. The Morgan fingerprint density at radius 1 is 1.09 bits per heavy atom. The molecule has 4 heterocycles. The first-order valence-corrected chi connectivity index (χ1v) is 11.4. The fraction of sp³-hybridized carbons (Fsp3) is 0.261. The van der Waals surface area contributed by atoms with Gasteiger partial charge in [0.25, 0.3) is 0 Å². The van der Waals surface area contributed by atoms with Gasteiger partial charge in [0.15, 0.2) is 17.4 Å². The molecular weight excluding hydrogens is 489 g/mol. The Hall–Kier alpha value is -3.24. The van der Waals surface area contributed by atoms with Gasteiger partial charge >= 0.3 is 0 Å². The summed E-state index contributed by atoms with van der Waals surface area (Å²) in [6.07, 6.45) is 3.21. The minimum absolute atomic E-state index is 0.0847. The number of nitrogens with one attached hydrogen (secondary N) is 2. The molecule has 8 nitrogen and oxygen atoms in total. The van der Waals surface area contributed by atoms with Gasteiger partial charge in [0.1, 0.15) is 16.6 Å². The topological polar surface area (TPSA) is 82.2 Å². The summed E-state index contributed by atoms with van der Waals surface area (Å²) in [5.41, 5.74) is 2.68. The Kier molecular flexibility index (Phi) is 5.86. The van der Waals surface area contributed by atoms with E-state index in [1.165, 1.54) is 6.33 Å². The van der Waals surface area contributed by atoms with Gasteiger partial charge < -0.3 is 24.8 Å². The highest BCUT2D eigenvalue weighted by Crippen LogP contribution is 2.36. The Morgan fingerprint density at radius 2 is 1.91 bits per heavy atom. The van der Waals surface area contributed by atoms with Gasteiger partial charge in [-0.3, -0.25) is 0 Å². The SMILES string of the molecule is Cc1cc2c(F)c(Oc3ncnc(Nc4ccc(N5CCN(C)CC5)cn4)c3Br)ccc2[nH]1. The van der Waals surface area contributed by atoms with Crippen LogP contribution in [0.4, 0.5) is 21.7 Å². The number of fused-ring (bicyclic) bond motifs is 1. The predicted octanol–water partition coefficient (Wildman–Crippen LogP) is 4.85. The second-order valence-electron chi connectivity index (χ2n) is 8.05. The maximum absolute atomic E-state index is 14.9. The lowest BCUT2D eigenvalue weighted by Gasteiger charge is -2.33. The maximum atomic E-state index is 14.9. The van der Waals surface area contributed by atoms with E-state index in [0.717, 1.165) is 37.6 Å². The Balaban J connectivity index is 1.33. The maximum Gasteiger partial charge on any atom is 0.239 e. The molecule has 1 saturated heterocycles. The van der Waals surface area contributed by atoms with Crippen LogP contribution >= 0.6 is 15.9 Å². The lowest BCUT2D eigenvalue weighted by atomic mass is 10.2. The van der Waals surface area contributed by atoms with Gasteiger partial charge in [-0.2, -0.15) is 0 Å². The van der Waals surface area contributed by atoms with Gasteiger partial charge in [0, 0.05) is 42.8 Å². The summed E-state index contributed by atoms with van der Waals surface area (Å²) in [6, 6.07) is 9.05. The first-order valence-electron chi connectivity index (χ1n) is 10.6. The minimum Gasteiger partial charge on any atom is -0.435 e. The zero-order chi connectivity index (χ0) is 22.9. The van der Waals surface area contributed by atoms with Crippen molar-refractivity contribution in [3.8, 4) is 11.6 Å². The van der Waals surface area contributed by atoms with Crippen LogP contribution < -0.4 is 15.0 Å². The van der Waals surface area contributed by atoms with E-state index in [2.05, 4.69) is 58.0 Å². The van der Waals surface area contributed by atoms with Crippen molar-refractivity contribution in [1.82, 2.24) is 24.8 Å². The summed E-state index contributed by atoms with van der Waals surface area (Å²) in [5, 5.41) is 3.64. The number of likely N-dealkylation sites (N-methyl/N-ethyl adjacent to an activating group) is 1. The molecule has 0 unspecified atom stereocenters. The van der Waals surface area contributed by atoms with Crippen LogP contribution in [-0.4, -0.2) is 58.1 Å². The molecule has 1 aliphatic heterocycles. The molecular formula is C23H23BrFN7O. The lowest BCUT2D eigenvalue weighted by Crippen LogP contribution is -2.44. The second kappa shape index (κ2) is 8.95. The Bertz CT molecular complexity index is 1290. The molecule has 10 heteroatoms. The van der Waals surface area contributed by atoms with Gasteiger partial charge in [-0.15, -0.1) is 0 Å². The van der Waals surface area contributed by atoms with Crippen molar-refractivity contribution in [2.75, 3.05) is 43.4 Å². The standard InChI is InChI=1S/C23H23BrFN7O/c1-14-11-16-17(29-14)4-5-18(21(16)25)33-23-20(24)22(27-13-28-23)30-19-6-3-15(12-26-19)32-9-7-31(2)8-10-32/h3-6,11-13,29H,7-10H2,1-2H3,(H,26,27,28,30). The number of H-pyrrole nitrogens is 1. The number of pyridine rings is 1. The highest BCUT2D eigenvalue weighted by atomic mass is 79.9. The average molecular weight is 512 g/mol. The van der Waals surface area contributed by atoms with Crippen molar-refractivity contribution in [3.63, 3.8) is 0 Å². The molecule has 4 aromatic rings. The first-order chi connectivity index (χ1) is 16.0. The second-order valence-corrected chi connectivity index (χ2v) is 8.84. The normalized spacial score (nSPS) is 14.6. The molecule has 0 atom stereocenters. The van der Waals surface area contributed by atoms with Crippen LogP contribution in [0.15, 0.2) is 47.3 Å². The van der Waals surface area contributed by atoms with Gasteiger partial charge in [-0.25, -0.2) is 19.3 Å². The predicted molar refractivity (Wildman–Crippen MR) is 130 cm³/mol. The van der Waals surface area contributed by atoms with E-state index in [1.807, 2.05) is 25.3 Å². The molecule has 5 rings (SSSR count). The van der Waals surface area contributed by atoms with Crippen molar-refractivity contribution in [2.24, 2.45) is 0 Å². The van der Waals surface area contributed by atoms with E-state index in [1.54, 1.807) is 18.2 Å². The van der Waals surface area contributed by atoms with Gasteiger partial charge in [0.2, 0.25) is 5.88 Å². The highest BCUT2D eigenvalue weighted by Gasteiger charge is 2.17. The van der Waals surface area contributed by atoms with E-state index >= 15 is 0 Å². The number of aryl methyl sites for hydroxylation is 1. The van der Waals surface area contributed by atoms with Crippen molar-refractivity contribution in [3.05, 3.63) is 58.8 Å². The van der Waals surface area contributed by atoms with Crippen LogP contribution in [0.25, 0.3) is 10.9 Å². The van der Waals surface area contributed by atoms with E-state index in [9.17, 15) is 4.39 Å². The molecule has 0 bridgehead atoms. The number of hydrogen-bond donors (Lipinski definition) is 2. The number of halogens is 2. The van der Waals surface area contributed by atoms with E-state index < -0.39 is 5.82 Å². The third-order valence-electron chi connectivity index (χ3n) is 5.66. The zero-order valence-electron chi connectivity index (χ0n) is 18.3. The number of hydrogen-bond acceptors (Lipinski definition) is 7. The first kappa shape index (κ1) is 21.6. The molecule has 0 aliphatic carbocycles. The van der Waals surface area contributed by atoms with Crippen LogP contribution in [0.2, 0.25) is 0 Å². The zero-order valence-corrected chi connectivity index (χ0v) is 19.9. The van der Waals surface area contributed by atoms with Crippen molar-refractivity contribution in [2.45, 2.75) is 6.92 Å². The average Bonchev–Trinajstić information content (AvgIpc) is 3.20. The fourth-order valence-electron chi connectivity index (χ4n) is 3.82. The summed E-state index contributed by atoms with van der Waals surface area (Å²) in [7, 11) is 2.13. The summed E-state index contributed by atoms with van der Waals surface area (Å²) in [5.74, 6) is 0.944. The highest BCUT2D eigenvalue weighted by molar-refractivity contribution is 9.10. The Labute approximate surface area is 198 Å². The number of nitrogens with zero attached hydrogens (tertiary/aromatic N) is 5. The number of aromatic nitrogens is 4. The fourth-order valence-corrected chi connectivity index (χ4v) is 4.20. The van der Waals surface area contributed by atoms with Crippen LogP contribution in [-0.2, 0) is 0 Å². The van der Waals surface area contributed by atoms with Crippen molar-refractivity contribution >= 4 is 44.2 Å². The molecule has 3 aromatic heterocycles. The number of ether oxygens (including phenoxy) is 1. The monoisotopic (exact) mass is 511 g/mol. The molecule has 170 valence electrons. The molecule has 0 radical (unpaired) electrons. The molecule has 0 spiro atoms. The van der Waals surface area contributed by atoms with Crippen molar-refractivity contribution < 1.29 is 9.13 Å². The largest absolute Gasteiger partial charge is 0.435 e. The minimum atomic E-state index is -0.446. The van der Waals surface area contributed by atoms with Crippen LogP contribution in [0, 0.1) is 12.7 Å². The van der Waals surface area contributed by atoms with Gasteiger partial charge in [0.05, 0.1) is 11.9 Å². The molecule has 33 heavy (non-hydrogen) atoms. The molecule has 1 aliphatic rings. The number of aromatic amines is 1. The molecule has 1 fully saturated rings. The van der Waals surface area contributed by atoms with Crippen LogP contribution in [0.3, 0.4) is 0 Å². The third kappa shape index (κ3) is 4.49. The van der Waals surface area contributed by atoms with Gasteiger partial charge in [-0.05, 0) is 60.2 Å². The smallest absolute Gasteiger partial charge is 0.239 e. The molecule has 1 aromatic carbocycles. The number of rotatable bonds is 5. The number of piperazine rings is 1. The van der Waals surface area contributed by atoms with E-state index in [0.29, 0.717) is 27.0 Å². The van der Waals surface area contributed by atoms with E-state index in [4.69, 9.17) is 4.74 Å². The van der Waals surface area contributed by atoms with Crippen LogP contribution in [0.1, 0.15) is 5.69 Å². The Morgan fingerprint density at radius 3 is 2.67 bits per heavy atom.